The Labute approximate surface area is 125 Å². The second-order valence-electron chi connectivity index (χ2n) is 6.18. The minimum absolute atomic E-state index is 0.0151. The predicted molar refractivity (Wildman–Crippen MR) is 81.1 cm³/mol. The Morgan fingerprint density at radius 1 is 1.29 bits per heavy atom. The van der Waals surface area contributed by atoms with Gasteiger partial charge in [-0.1, -0.05) is 0 Å². The number of benzene rings is 1. The van der Waals surface area contributed by atoms with Gasteiger partial charge in [0, 0.05) is 23.2 Å². The van der Waals surface area contributed by atoms with Crippen molar-refractivity contribution in [2.45, 2.75) is 39.8 Å². The molecule has 2 N–H and O–H groups in total. The van der Waals surface area contributed by atoms with Gasteiger partial charge in [-0.05, 0) is 39.8 Å². The fourth-order valence-corrected chi connectivity index (χ4v) is 2.03. The lowest BCUT2D eigenvalue weighted by molar-refractivity contribution is -0.904. The molecule has 0 heterocycles. The average Bonchev–Trinajstić information content (AvgIpc) is 2.36. The van der Waals surface area contributed by atoms with E-state index < -0.39 is 4.92 Å². The quantitative estimate of drug-likeness (QED) is 0.605. The fourth-order valence-electron chi connectivity index (χ4n) is 2.03. The highest BCUT2D eigenvalue weighted by Crippen LogP contribution is 2.11. The van der Waals surface area contributed by atoms with Crippen molar-refractivity contribution < 1.29 is 14.6 Å². The van der Waals surface area contributed by atoms with E-state index in [4.69, 9.17) is 0 Å². The molecule has 0 aliphatic rings. The molecule has 0 saturated carbocycles. The minimum atomic E-state index is -0.412. The topological polar surface area (TPSA) is 76.7 Å². The van der Waals surface area contributed by atoms with Crippen LogP contribution in [0.4, 0.5) is 5.69 Å². The molecule has 0 aliphatic heterocycles. The van der Waals surface area contributed by atoms with Gasteiger partial charge in [0.2, 0.25) is 0 Å². The van der Waals surface area contributed by atoms with Gasteiger partial charge in [0.25, 0.3) is 11.6 Å². The maximum atomic E-state index is 11.9. The molecule has 0 fully saturated rings. The molecule has 6 heteroatoms. The Morgan fingerprint density at radius 2 is 1.86 bits per heavy atom. The van der Waals surface area contributed by atoms with E-state index in [2.05, 4.69) is 5.32 Å². The summed E-state index contributed by atoms with van der Waals surface area (Å²) in [7, 11) is 0. The Kier molecular flexibility index (Phi) is 5.84. The first kappa shape index (κ1) is 17.1. The molecule has 1 unspecified atom stereocenters. The Morgan fingerprint density at radius 3 is 2.29 bits per heavy atom. The van der Waals surface area contributed by atoms with E-state index in [0.29, 0.717) is 13.1 Å². The van der Waals surface area contributed by atoms with Gasteiger partial charge in [0.15, 0.2) is 6.54 Å². The molecule has 1 atom stereocenters. The molecule has 1 amide bonds. The number of nitrogens with zero attached hydrogens (tertiary/aromatic N) is 1. The van der Waals surface area contributed by atoms with Gasteiger partial charge in [-0.25, -0.2) is 0 Å². The first-order valence-corrected chi connectivity index (χ1v) is 7.09. The molecule has 0 spiro atoms. The largest absolute Gasteiger partial charge is 0.347 e. The number of likely N-dealkylation sites (N-methyl/N-ethyl adjacent to an activating group) is 1. The third kappa shape index (κ3) is 6.35. The van der Waals surface area contributed by atoms with Crippen LogP contribution in [-0.2, 0) is 11.3 Å². The number of carbonyl (C=O) groups excluding carboxylic acids is 1. The first-order chi connectivity index (χ1) is 9.71. The molecule has 1 aromatic carbocycles. The lowest BCUT2D eigenvalue weighted by Crippen LogP contribution is -3.11. The molecule has 0 aliphatic carbocycles. The molecular weight excluding hydrogens is 270 g/mol. The highest BCUT2D eigenvalue weighted by molar-refractivity contribution is 5.77. The van der Waals surface area contributed by atoms with Crippen LogP contribution in [0.2, 0.25) is 0 Å². The third-order valence-corrected chi connectivity index (χ3v) is 3.03. The lowest BCUT2D eigenvalue weighted by atomic mass is 10.1. The van der Waals surface area contributed by atoms with E-state index in [1.54, 1.807) is 12.1 Å². The second kappa shape index (κ2) is 7.17. The first-order valence-electron chi connectivity index (χ1n) is 7.09. The Balaban J connectivity index is 2.61. The number of hydrogen-bond donors (Lipinski definition) is 2. The normalized spacial score (nSPS) is 12.8. The summed E-state index contributed by atoms with van der Waals surface area (Å²) >= 11 is 0. The van der Waals surface area contributed by atoms with Crippen LogP contribution in [0.3, 0.4) is 0 Å². The van der Waals surface area contributed by atoms with Crippen LogP contribution < -0.4 is 10.2 Å². The van der Waals surface area contributed by atoms with Crippen molar-refractivity contribution in [1.82, 2.24) is 5.32 Å². The summed E-state index contributed by atoms with van der Waals surface area (Å²) in [6, 6.07) is 6.49. The van der Waals surface area contributed by atoms with Crippen LogP contribution in [-0.4, -0.2) is 29.5 Å². The Hall–Kier alpha value is -1.95. The van der Waals surface area contributed by atoms with E-state index in [9.17, 15) is 14.9 Å². The van der Waals surface area contributed by atoms with E-state index in [-0.39, 0.29) is 17.1 Å². The zero-order valence-electron chi connectivity index (χ0n) is 13.1. The molecular formula is C15H24N3O3+. The average molecular weight is 294 g/mol. The number of rotatable bonds is 6. The van der Waals surface area contributed by atoms with Gasteiger partial charge in [0.05, 0.1) is 11.5 Å². The SMILES string of the molecule is CC[NH+](CC(=O)NC(C)(C)C)Cc1ccc([N+](=O)[O-])cc1. The number of nitro benzene ring substituents is 1. The van der Waals surface area contributed by atoms with Crippen molar-refractivity contribution in [3.8, 4) is 0 Å². The van der Waals surface area contributed by atoms with E-state index in [1.807, 2.05) is 27.7 Å². The van der Waals surface area contributed by atoms with Crippen molar-refractivity contribution in [3.05, 3.63) is 39.9 Å². The summed E-state index contributed by atoms with van der Waals surface area (Å²) in [5.41, 5.74) is 0.840. The number of hydrogen-bond acceptors (Lipinski definition) is 3. The molecule has 116 valence electrons. The molecule has 1 aromatic rings. The number of non-ortho nitro benzene ring substituents is 1. The summed E-state index contributed by atoms with van der Waals surface area (Å²) in [5, 5.41) is 13.6. The van der Waals surface area contributed by atoms with Gasteiger partial charge in [-0.15, -0.1) is 0 Å². The maximum Gasteiger partial charge on any atom is 0.275 e. The summed E-state index contributed by atoms with van der Waals surface area (Å²) in [5.74, 6) is 0.0151. The van der Waals surface area contributed by atoms with Crippen LogP contribution in [0.15, 0.2) is 24.3 Å². The minimum Gasteiger partial charge on any atom is -0.347 e. The standard InChI is InChI=1S/C15H23N3O3/c1-5-17(11-14(19)16-15(2,3)4)10-12-6-8-13(9-7-12)18(20)21/h6-9H,5,10-11H2,1-4H3,(H,16,19)/p+1. The summed E-state index contributed by atoms with van der Waals surface area (Å²) in [6.07, 6.45) is 0. The smallest absolute Gasteiger partial charge is 0.275 e. The highest BCUT2D eigenvalue weighted by Gasteiger charge is 2.18. The number of nitrogens with one attached hydrogen (secondary N) is 2. The zero-order chi connectivity index (χ0) is 16.0. The fraction of sp³-hybridized carbons (Fsp3) is 0.533. The molecule has 0 saturated heterocycles. The van der Waals surface area contributed by atoms with Gasteiger partial charge in [-0.3, -0.25) is 14.9 Å². The van der Waals surface area contributed by atoms with Gasteiger partial charge < -0.3 is 10.2 Å². The van der Waals surface area contributed by atoms with Gasteiger partial charge >= 0.3 is 0 Å². The van der Waals surface area contributed by atoms with Crippen LogP contribution in [0.1, 0.15) is 33.3 Å². The van der Waals surface area contributed by atoms with Crippen LogP contribution in [0.5, 0.6) is 0 Å². The molecule has 0 aromatic heterocycles. The monoisotopic (exact) mass is 294 g/mol. The highest BCUT2D eigenvalue weighted by atomic mass is 16.6. The molecule has 21 heavy (non-hydrogen) atoms. The van der Waals surface area contributed by atoms with Crippen LogP contribution >= 0.6 is 0 Å². The van der Waals surface area contributed by atoms with E-state index in [1.165, 1.54) is 12.1 Å². The summed E-state index contributed by atoms with van der Waals surface area (Å²) < 4.78 is 0. The van der Waals surface area contributed by atoms with Crippen LogP contribution in [0.25, 0.3) is 0 Å². The lowest BCUT2D eigenvalue weighted by Gasteiger charge is -2.23. The van der Waals surface area contributed by atoms with Gasteiger partial charge in [-0.2, -0.15) is 0 Å². The van der Waals surface area contributed by atoms with Crippen molar-refractivity contribution in [2.75, 3.05) is 13.1 Å². The molecule has 1 rings (SSSR count). The molecule has 0 radical (unpaired) electrons. The summed E-state index contributed by atoms with van der Waals surface area (Å²) in [4.78, 5) is 23.3. The van der Waals surface area contributed by atoms with E-state index in [0.717, 1.165) is 17.0 Å². The van der Waals surface area contributed by atoms with Gasteiger partial charge in [0.1, 0.15) is 6.54 Å². The van der Waals surface area contributed by atoms with E-state index >= 15 is 0 Å². The zero-order valence-corrected chi connectivity index (χ0v) is 13.1. The van der Waals surface area contributed by atoms with Crippen molar-refractivity contribution in [1.29, 1.82) is 0 Å². The third-order valence-electron chi connectivity index (χ3n) is 3.03. The van der Waals surface area contributed by atoms with Crippen molar-refractivity contribution in [3.63, 3.8) is 0 Å². The summed E-state index contributed by atoms with van der Waals surface area (Å²) in [6.45, 7) is 9.75. The van der Waals surface area contributed by atoms with Crippen molar-refractivity contribution >= 4 is 11.6 Å². The number of quaternary nitrogens is 1. The second-order valence-corrected chi connectivity index (χ2v) is 6.18. The predicted octanol–water partition coefficient (Wildman–Crippen LogP) is 0.914. The molecule has 0 bridgehead atoms. The van der Waals surface area contributed by atoms with Crippen molar-refractivity contribution in [2.24, 2.45) is 0 Å². The molecule has 6 nitrogen and oxygen atoms in total. The maximum absolute atomic E-state index is 11.9. The number of nitro groups is 1. The Bertz CT molecular complexity index is 492. The number of carbonyl (C=O) groups is 1. The number of amides is 1. The van der Waals surface area contributed by atoms with Crippen LogP contribution in [0, 0.1) is 10.1 Å².